The summed E-state index contributed by atoms with van der Waals surface area (Å²) in [6.45, 7) is 7.37. The minimum Gasteiger partial charge on any atom is -0.544 e. The molecule has 0 aromatic heterocycles. The Kier molecular flexibility index (Phi) is 23.5. The second kappa shape index (κ2) is 24.7. The van der Waals surface area contributed by atoms with Crippen LogP contribution < -0.4 is 5.11 Å². The number of nitrogens with zero attached hydrogens (tertiary/aromatic N) is 1. The molecule has 0 aromatic rings. The third-order valence-electron chi connectivity index (χ3n) is 8.90. The minimum atomic E-state index is -1.36. The first-order chi connectivity index (χ1) is 19.7. The second-order valence-electron chi connectivity index (χ2n) is 11.9. The Morgan fingerprint density at radius 3 is 1.17 bits per heavy atom. The molecule has 0 rings (SSSR count). The highest BCUT2D eigenvalue weighted by Gasteiger charge is 2.53. The molecule has 0 aliphatic carbocycles. The maximum absolute atomic E-state index is 12.2. The van der Waals surface area contributed by atoms with Crippen molar-refractivity contribution >= 4 is 17.9 Å². The summed E-state index contributed by atoms with van der Waals surface area (Å²) in [6, 6.07) is -3.37. The minimum absolute atomic E-state index is 0.132. The summed E-state index contributed by atoms with van der Waals surface area (Å²) in [7, 11) is 0. The normalized spacial score (nSPS) is 15.4. The molecule has 7 nitrogen and oxygen atoms in total. The van der Waals surface area contributed by atoms with Gasteiger partial charge in [0.05, 0.1) is 12.5 Å². The lowest BCUT2D eigenvalue weighted by Crippen LogP contribution is -2.73. The van der Waals surface area contributed by atoms with Gasteiger partial charge in [-0.2, -0.15) is 0 Å². The molecule has 0 aliphatic rings. The smallest absolute Gasteiger partial charge is 0.362 e. The fourth-order valence-electron chi connectivity index (χ4n) is 6.73. The van der Waals surface area contributed by atoms with Crippen LogP contribution in [-0.4, -0.2) is 57.3 Å². The summed E-state index contributed by atoms with van der Waals surface area (Å²) >= 11 is 0. The predicted octanol–water partition coefficient (Wildman–Crippen LogP) is 7.66. The topological polar surface area (TPSA) is 115 Å². The molecular formula is C34H63NO6. The Labute approximate surface area is 251 Å². The van der Waals surface area contributed by atoms with Crippen LogP contribution in [0.4, 0.5) is 0 Å². The molecule has 7 heteroatoms. The van der Waals surface area contributed by atoms with Crippen LogP contribution in [-0.2, 0) is 14.4 Å². The Hall–Kier alpha value is -1.89. The zero-order valence-electron chi connectivity index (χ0n) is 26.9. The Balaban J connectivity index is 4.38. The van der Waals surface area contributed by atoms with E-state index < -0.39 is 40.5 Å². The molecule has 0 amide bonds. The first-order valence-electron chi connectivity index (χ1n) is 16.9. The van der Waals surface area contributed by atoms with Crippen LogP contribution in [0.3, 0.4) is 0 Å². The molecule has 240 valence electrons. The van der Waals surface area contributed by atoms with Gasteiger partial charge in [0.25, 0.3) is 0 Å². The highest BCUT2D eigenvalue weighted by atomic mass is 16.4. The Morgan fingerprint density at radius 1 is 0.585 bits per heavy atom. The van der Waals surface area contributed by atoms with E-state index in [0.717, 1.165) is 19.3 Å². The zero-order chi connectivity index (χ0) is 30.9. The van der Waals surface area contributed by atoms with Crippen molar-refractivity contribution in [2.24, 2.45) is 0 Å². The van der Waals surface area contributed by atoms with Crippen LogP contribution in [0.1, 0.15) is 163 Å². The van der Waals surface area contributed by atoms with Crippen LogP contribution in [0.2, 0.25) is 0 Å². The standard InChI is InChI=1S/C34H63NO6/c1-5-9-10-11-12-13-14-15-16-17-18-19-20-21-22-23-24-25-26-27-28-35(29(6-2)32(36)37,30(7-3)33(38)39)31(8-4)34(40)41/h5,9,29-31H,6-8,10-28H2,1-4H3,(H2-,36,37,38,39,40,41)/b9-5+. The van der Waals surface area contributed by atoms with Crippen molar-refractivity contribution in [3.8, 4) is 0 Å². The van der Waals surface area contributed by atoms with Crippen molar-refractivity contribution < 1.29 is 34.2 Å². The van der Waals surface area contributed by atoms with Gasteiger partial charge in [-0.1, -0.05) is 123 Å². The van der Waals surface area contributed by atoms with Crippen molar-refractivity contribution in [2.75, 3.05) is 6.54 Å². The number of allylic oxidation sites excluding steroid dienone is 2. The molecule has 0 radical (unpaired) electrons. The van der Waals surface area contributed by atoms with E-state index in [1.807, 2.05) is 0 Å². The molecule has 0 saturated carbocycles. The second-order valence-corrected chi connectivity index (χ2v) is 11.9. The molecule has 3 atom stereocenters. The van der Waals surface area contributed by atoms with Gasteiger partial charge in [-0.3, -0.25) is 4.48 Å². The Morgan fingerprint density at radius 2 is 0.902 bits per heavy atom. The number of carboxylic acid groups (broad SMARTS) is 3. The summed E-state index contributed by atoms with van der Waals surface area (Å²) in [5.74, 6) is -3.64. The number of hydrogen-bond acceptors (Lipinski definition) is 4. The van der Waals surface area contributed by atoms with E-state index in [-0.39, 0.29) is 25.8 Å². The number of hydrogen-bond donors (Lipinski definition) is 2. The van der Waals surface area contributed by atoms with E-state index >= 15 is 0 Å². The number of carbonyl (C=O) groups excluding carboxylic acids is 1. The SMILES string of the molecule is C/C=C/CCCCCCCCCCCCCCCCCCC[N+](C(CC)C(=O)[O-])(C(CC)C(=O)O)C(CC)C(=O)O. The molecule has 0 heterocycles. The summed E-state index contributed by atoms with van der Waals surface area (Å²) < 4.78 is -0.465. The molecule has 0 spiro atoms. The number of rotatable bonds is 29. The van der Waals surface area contributed by atoms with Crippen LogP contribution >= 0.6 is 0 Å². The van der Waals surface area contributed by atoms with Crippen molar-refractivity contribution in [2.45, 2.75) is 181 Å². The fraction of sp³-hybridized carbons (Fsp3) is 0.853. The Bertz CT molecular complexity index is 667. The van der Waals surface area contributed by atoms with Gasteiger partial charge in [-0.25, -0.2) is 9.59 Å². The van der Waals surface area contributed by atoms with Crippen LogP contribution in [0, 0.1) is 0 Å². The number of carboxylic acids is 3. The molecular weight excluding hydrogens is 518 g/mol. The van der Waals surface area contributed by atoms with Crippen LogP contribution in [0.25, 0.3) is 0 Å². The highest BCUT2D eigenvalue weighted by molar-refractivity contribution is 5.77. The van der Waals surface area contributed by atoms with Gasteiger partial charge < -0.3 is 20.1 Å². The van der Waals surface area contributed by atoms with E-state index in [1.165, 1.54) is 89.9 Å². The van der Waals surface area contributed by atoms with Gasteiger partial charge in [-0.05, 0) is 32.6 Å². The quantitative estimate of drug-likeness (QED) is 0.0532. The molecule has 41 heavy (non-hydrogen) atoms. The van der Waals surface area contributed by atoms with Gasteiger partial charge in [0, 0.05) is 19.3 Å². The fourth-order valence-corrected chi connectivity index (χ4v) is 6.73. The molecule has 0 saturated heterocycles. The number of carbonyl (C=O) groups is 3. The first kappa shape index (κ1) is 39.1. The molecule has 3 unspecified atom stereocenters. The van der Waals surface area contributed by atoms with Crippen molar-refractivity contribution in [1.82, 2.24) is 0 Å². The third kappa shape index (κ3) is 15.2. The average Bonchev–Trinajstić information content (AvgIpc) is 2.92. The lowest BCUT2D eigenvalue weighted by atomic mass is 9.93. The zero-order valence-corrected chi connectivity index (χ0v) is 26.9. The molecule has 0 bridgehead atoms. The predicted molar refractivity (Wildman–Crippen MR) is 166 cm³/mol. The van der Waals surface area contributed by atoms with Crippen molar-refractivity contribution in [3.63, 3.8) is 0 Å². The van der Waals surface area contributed by atoms with Gasteiger partial charge >= 0.3 is 11.9 Å². The van der Waals surface area contributed by atoms with Crippen LogP contribution in [0.5, 0.6) is 0 Å². The summed E-state index contributed by atoms with van der Waals surface area (Å²) in [4.78, 5) is 36.7. The van der Waals surface area contributed by atoms with Gasteiger partial charge in [0.15, 0.2) is 12.1 Å². The average molecular weight is 582 g/mol. The van der Waals surface area contributed by atoms with Crippen molar-refractivity contribution in [3.05, 3.63) is 12.2 Å². The molecule has 0 fully saturated rings. The van der Waals surface area contributed by atoms with E-state index in [9.17, 15) is 29.7 Å². The molecule has 0 aromatic carbocycles. The van der Waals surface area contributed by atoms with Crippen LogP contribution in [0.15, 0.2) is 12.2 Å². The largest absolute Gasteiger partial charge is 0.544 e. The van der Waals surface area contributed by atoms with E-state index in [0.29, 0.717) is 6.42 Å². The van der Waals surface area contributed by atoms with E-state index in [1.54, 1.807) is 20.8 Å². The van der Waals surface area contributed by atoms with Gasteiger partial charge in [0.1, 0.15) is 6.04 Å². The summed E-state index contributed by atoms with van der Waals surface area (Å²) in [6.07, 6.45) is 26.8. The lowest BCUT2D eigenvalue weighted by molar-refractivity contribution is -0.974. The maximum atomic E-state index is 12.2. The highest BCUT2D eigenvalue weighted by Crippen LogP contribution is 2.32. The maximum Gasteiger partial charge on any atom is 0.362 e. The summed E-state index contributed by atoms with van der Waals surface area (Å²) in [5, 5.41) is 32.2. The van der Waals surface area contributed by atoms with E-state index in [4.69, 9.17) is 0 Å². The van der Waals surface area contributed by atoms with Crippen molar-refractivity contribution in [1.29, 1.82) is 0 Å². The number of quaternary nitrogens is 1. The number of aliphatic carboxylic acids is 3. The summed E-state index contributed by atoms with van der Waals surface area (Å²) in [5.41, 5.74) is 0. The number of unbranched alkanes of at least 4 members (excludes halogenated alkanes) is 17. The monoisotopic (exact) mass is 581 g/mol. The van der Waals surface area contributed by atoms with E-state index in [2.05, 4.69) is 19.1 Å². The molecule has 2 N–H and O–H groups in total. The molecule has 0 aliphatic heterocycles. The third-order valence-corrected chi connectivity index (χ3v) is 8.90. The van der Waals surface area contributed by atoms with Gasteiger partial charge in [-0.15, -0.1) is 0 Å². The van der Waals surface area contributed by atoms with Gasteiger partial charge in [0.2, 0.25) is 0 Å². The first-order valence-corrected chi connectivity index (χ1v) is 16.9. The lowest BCUT2D eigenvalue weighted by Gasteiger charge is -2.51.